The molecule has 1 atom stereocenters. The molecule has 1 unspecified atom stereocenters. The van der Waals surface area contributed by atoms with E-state index in [0.717, 1.165) is 6.20 Å². The Morgan fingerprint density at radius 1 is 1.17 bits per heavy atom. The summed E-state index contributed by atoms with van der Waals surface area (Å²) in [4.78, 5) is 3.72. The number of aromatic nitrogens is 1. The summed E-state index contributed by atoms with van der Waals surface area (Å²) in [5, 5.41) is 0. The fourth-order valence-electron chi connectivity index (χ4n) is 1.73. The normalized spacial score (nSPS) is 12.2. The number of nitrogens with two attached hydrogens (primary N) is 1. The standard InChI is InChI=1S/C13H12F2N2O/c1-18-12-3-2-9(14)5-11(12)13(16)8-4-10(15)7-17-6-8/h2-7,13H,16H2,1H3. The lowest BCUT2D eigenvalue weighted by molar-refractivity contribution is 0.406. The zero-order valence-corrected chi connectivity index (χ0v) is 9.73. The van der Waals surface area contributed by atoms with E-state index in [4.69, 9.17) is 10.5 Å². The minimum atomic E-state index is -0.696. The largest absolute Gasteiger partial charge is 0.496 e. The maximum atomic E-state index is 13.2. The molecule has 0 fully saturated rings. The number of hydrogen-bond acceptors (Lipinski definition) is 3. The third-order valence-electron chi connectivity index (χ3n) is 2.61. The number of methoxy groups -OCH3 is 1. The fraction of sp³-hybridized carbons (Fsp3) is 0.154. The Hall–Kier alpha value is -2.01. The third-order valence-corrected chi connectivity index (χ3v) is 2.61. The molecule has 18 heavy (non-hydrogen) atoms. The zero-order valence-electron chi connectivity index (χ0n) is 9.73. The molecule has 1 aromatic carbocycles. The van der Waals surface area contributed by atoms with E-state index in [1.807, 2.05) is 0 Å². The maximum Gasteiger partial charge on any atom is 0.141 e. The van der Waals surface area contributed by atoms with Crippen molar-refractivity contribution in [3.05, 3.63) is 59.4 Å². The van der Waals surface area contributed by atoms with Gasteiger partial charge in [-0.2, -0.15) is 0 Å². The van der Waals surface area contributed by atoms with Gasteiger partial charge in [-0.15, -0.1) is 0 Å². The van der Waals surface area contributed by atoms with Gasteiger partial charge in [0, 0.05) is 11.8 Å². The molecule has 1 aromatic heterocycles. The molecule has 0 amide bonds. The van der Waals surface area contributed by atoms with E-state index in [1.54, 1.807) is 0 Å². The van der Waals surface area contributed by atoms with E-state index in [9.17, 15) is 8.78 Å². The van der Waals surface area contributed by atoms with Gasteiger partial charge in [-0.25, -0.2) is 8.78 Å². The van der Waals surface area contributed by atoms with Crippen molar-refractivity contribution in [2.75, 3.05) is 7.11 Å². The molecular formula is C13H12F2N2O. The second kappa shape index (κ2) is 5.10. The van der Waals surface area contributed by atoms with Crippen molar-refractivity contribution < 1.29 is 13.5 Å². The molecule has 2 N–H and O–H groups in total. The van der Waals surface area contributed by atoms with Gasteiger partial charge in [0.1, 0.15) is 17.4 Å². The Morgan fingerprint density at radius 3 is 2.61 bits per heavy atom. The summed E-state index contributed by atoms with van der Waals surface area (Å²) < 4.78 is 31.4. The molecule has 0 spiro atoms. The second-order valence-corrected chi connectivity index (χ2v) is 3.80. The summed E-state index contributed by atoms with van der Waals surface area (Å²) in [5.41, 5.74) is 6.88. The number of nitrogens with zero attached hydrogens (tertiary/aromatic N) is 1. The smallest absolute Gasteiger partial charge is 0.141 e. The van der Waals surface area contributed by atoms with Crippen LogP contribution in [0.1, 0.15) is 17.2 Å². The van der Waals surface area contributed by atoms with Gasteiger partial charge < -0.3 is 10.5 Å². The third kappa shape index (κ3) is 2.46. The highest BCUT2D eigenvalue weighted by molar-refractivity contribution is 5.41. The van der Waals surface area contributed by atoms with Crippen LogP contribution in [0.2, 0.25) is 0 Å². The average molecular weight is 250 g/mol. The first-order valence-corrected chi connectivity index (χ1v) is 5.31. The summed E-state index contributed by atoms with van der Waals surface area (Å²) in [6, 6.07) is 4.60. The van der Waals surface area contributed by atoms with Crippen LogP contribution in [0.5, 0.6) is 5.75 Å². The van der Waals surface area contributed by atoms with Crippen LogP contribution in [0.3, 0.4) is 0 Å². The van der Waals surface area contributed by atoms with Crippen LogP contribution in [0, 0.1) is 11.6 Å². The Morgan fingerprint density at radius 2 is 1.94 bits per heavy atom. The number of rotatable bonds is 3. The lowest BCUT2D eigenvalue weighted by Gasteiger charge is -2.15. The van der Waals surface area contributed by atoms with Gasteiger partial charge >= 0.3 is 0 Å². The van der Waals surface area contributed by atoms with Crippen molar-refractivity contribution in [3.63, 3.8) is 0 Å². The molecule has 0 radical (unpaired) electrons. The summed E-state index contributed by atoms with van der Waals surface area (Å²) in [7, 11) is 1.47. The van der Waals surface area contributed by atoms with Crippen molar-refractivity contribution in [1.29, 1.82) is 0 Å². The average Bonchev–Trinajstić information content (AvgIpc) is 2.38. The van der Waals surface area contributed by atoms with Gasteiger partial charge in [-0.1, -0.05) is 0 Å². The Bertz CT molecular complexity index is 560. The topological polar surface area (TPSA) is 48.1 Å². The highest BCUT2D eigenvalue weighted by Crippen LogP contribution is 2.28. The maximum absolute atomic E-state index is 13.2. The fourth-order valence-corrected chi connectivity index (χ4v) is 1.73. The molecule has 0 saturated carbocycles. The van der Waals surface area contributed by atoms with Crippen LogP contribution in [0.15, 0.2) is 36.7 Å². The van der Waals surface area contributed by atoms with Crippen molar-refractivity contribution >= 4 is 0 Å². The van der Waals surface area contributed by atoms with E-state index >= 15 is 0 Å². The van der Waals surface area contributed by atoms with Crippen LogP contribution >= 0.6 is 0 Å². The number of halogens is 2. The van der Waals surface area contributed by atoms with Crippen LogP contribution in [-0.2, 0) is 0 Å². The van der Waals surface area contributed by atoms with Crippen molar-refractivity contribution in [2.45, 2.75) is 6.04 Å². The molecule has 1 heterocycles. The number of pyridine rings is 1. The molecule has 0 aliphatic carbocycles. The highest BCUT2D eigenvalue weighted by Gasteiger charge is 2.15. The quantitative estimate of drug-likeness (QED) is 0.910. The number of hydrogen-bond donors (Lipinski definition) is 1. The molecule has 0 saturated heterocycles. The van der Waals surface area contributed by atoms with Gasteiger partial charge in [0.25, 0.3) is 0 Å². The lowest BCUT2D eigenvalue weighted by Crippen LogP contribution is -2.14. The highest BCUT2D eigenvalue weighted by atomic mass is 19.1. The first-order chi connectivity index (χ1) is 8.61. The van der Waals surface area contributed by atoms with Crippen LogP contribution in [-0.4, -0.2) is 12.1 Å². The van der Waals surface area contributed by atoms with E-state index < -0.39 is 17.7 Å². The van der Waals surface area contributed by atoms with Crippen molar-refractivity contribution in [2.24, 2.45) is 5.73 Å². The predicted molar refractivity (Wildman–Crippen MR) is 63.2 cm³/mol. The second-order valence-electron chi connectivity index (χ2n) is 3.80. The molecule has 5 heteroatoms. The number of ether oxygens (including phenoxy) is 1. The van der Waals surface area contributed by atoms with Crippen LogP contribution in [0.25, 0.3) is 0 Å². The van der Waals surface area contributed by atoms with Crippen molar-refractivity contribution in [1.82, 2.24) is 4.98 Å². The van der Waals surface area contributed by atoms with E-state index in [0.29, 0.717) is 16.9 Å². The molecule has 0 aliphatic heterocycles. The first kappa shape index (κ1) is 12.4. The van der Waals surface area contributed by atoms with Gasteiger partial charge in [-0.05, 0) is 29.8 Å². The summed E-state index contributed by atoms with van der Waals surface area (Å²) >= 11 is 0. The minimum Gasteiger partial charge on any atom is -0.496 e. The number of benzene rings is 1. The van der Waals surface area contributed by atoms with Gasteiger partial charge in [0.15, 0.2) is 0 Å². The van der Waals surface area contributed by atoms with E-state index in [2.05, 4.69) is 4.98 Å². The lowest BCUT2D eigenvalue weighted by atomic mass is 10.00. The van der Waals surface area contributed by atoms with Crippen LogP contribution in [0.4, 0.5) is 8.78 Å². The Balaban J connectivity index is 2.44. The van der Waals surface area contributed by atoms with Gasteiger partial charge in [0.2, 0.25) is 0 Å². The molecule has 2 rings (SSSR count). The predicted octanol–water partition coefficient (Wildman–Crippen LogP) is 2.42. The summed E-state index contributed by atoms with van der Waals surface area (Å²) in [5.74, 6) is -0.461. The molecule has 0 aliphatic rings. The van der Waals surface area contributed by atoms with Crippen molar-refractivity contribution in [3.8, 4) is 5.75 Å². The zero-order chi connectivity index (χ0) is 13.1. The molecular weight excluding hydrogens is 238 g/mol. The monoisotopic (exact) mass is 250 g/mol. The van der Waals surface area contributed by atoms with Gasteiger partial charge in [-0.3, -0.25) is 4.98 Å². The molecule has 94 valence electrons. The summed E-state index contributed by atoms with van der Waals surface area (Å²) in [6.45, 7) is 0. The molecule has 3 nitrogen and oxygen atoms in total. The SMILES string of the molecule is COc1ccc(F)cc1C(N)c1cncc(F)c1. The molecule has 2 aromatic rings. The van der Waals surface area contributed by atoms with E-state index in [1.165, 1.54) is 37.6 Å². The Kier molecular flexibility index (Phi) is 3.53. The minimum absolute atomic E-state index is 0.425. The summed E-state index contributed by atoms with van der Waals surface area (Å²) in [6.07, 6.45) is 2.52. The van der Waals surface area contributed by atoms with Gasteiger partial charge in [0.05, 0.1) is 19.3 Å². The molecule has 0 bridgehead atoms. The van der Waals surface area contributed by atoms with Crippen LogP contribution < -0.4 is 10.5 Å². The Labute approximate surface area is 103 Å². The first-order valence-electron chi connectivity index (χ1n) is 5.31. The van der Waals surface area contributed by atoms with E-state index in [-0.39, 0.29) is 0 Å².